The van der Waals surface area contributed by atoms with Crippen molar-refractivity contribution in [3.05, 3.63) is 29.8 Å². The molecule has 1 aliphatic rings. The summed E-state index contributed by atoms with van der Waals surface area (Å²) in [7, 11) is 0. The number of para-hydroxylation sites is 1. The molecule has 2 rings (SSSR count). The highest BCUT2D eigenvalue weighted by Gasteiger charge is 2.32. The van der Waals surface area contributed by atoms with E-state index in [1.54, 1.807) is 6.07 Å². The van der Waals surface area contributed by atoms with Gasteiger partial charge in [0.25, 0.3) is 5.91 Å². The molecule has 1 heterocycles. The normalized spacial score (nSPS) is 18.6. The van der Waals surface area contributed by atoms with Gasteiger partial charge in [0.1, 0.15) is 5.75 Å². The lowest BCUT2D eigenvalue weighted by Crippen LogP contribution is -2.53. The minimum atomic E-state index is -1.06. The van der Waals surface area contributed by atoms with Crippen LogP contribution >= 0.6 is 0 Å². The van der Waals surface area contributed by atoms with Crippen molar-refractivity contribution in [1.29, 1.82) is 0 Å². The first kappa shape index (κ1) is 14.3. The number of benzene rings is 1. The molecule has 1 N–H and O–H groups in total. The molecule has 108 valence electrons. The predicted octanol–water partition coefficient (Wildman–Crippen LogP) is 0.686. The van der Waals surface area contributed by atoms with Crippen LogP contribution in [0.15, 0.2) is 24.3 Å². The van der Waals surface area contributed by atoms with E-state index in [2.05, 4.69) is 0 Å². The number of rotatable bonds is 4. The van der Waals surface area contributed by atoms with Gasteiger partial charge in [0, 0.05) is 6.54 Å². The van der Waals surface area contributed by atoms with E-state index in [9.17, 15) is 9.59 Å². The van der Waals surface area contributed by atoms with Crippen LogP contribution in [0.2, 0.25) is 0 Å². The van der Waals surface area contributed by atoms with Crippen molar-refractivity contribution < 1.29 is 24.2 Å². The predicted molar refractivity (Wildman–Crippen MR) is 70.6 cm³/mol. The van der Waals surface area contributed by atoms with Crippen molar-refractivity contribution >= 4 is 11.9 Å². The fourth-order valence-corrected chi connectivity index (χ4v) is 2.05. The van der Waals surface area contributed by atoms with E-state index in [-0.39, 0.29) is 25.7 Å². The third kappa shape index (κ3) is 3.27. The van der Waals surface area contributed by atoms with Gasteiger partial charge in [-0.3, -0.25) is 4.79 Å². The zero-order valence-corrected chi connectivity index (χ0v) is 11.2. The van der Waals surface area contributed by atoms with Crippen LogP contribution in [0.3, 0.4) is 0 Å². The molecule has 6 nitrogen and oxygen atoms in total. The molecular formula is C14H17NO5. The molecular weight excluding hydrogens is 262 g/mol. The number of morpholine rings is 1. The first-order chi connectivity index (χ1) is 9.59. The number of ether oxygens (including phenoxy) is 2. The molecule has 20 heavy (non-hydrogen) atoms. The number of aliphatic carboxylic acids is 1. The standard InChI is InChI=1S/C14H17NO5/c1-10-4-2-3-5-12(10)20-9-13(16)15-6-7-19-8-11(15)14(17)18/h2-5,11H,6-9H2,1H3,(H,17,18)/t11-/m0/s1. The van der Waals surface area contributed by atoms with Crippen LogP contribution in [-0.4, -0.2) is 54.3 Å². The first-order valence-corrected chi connectivity index (χ1v) is 6.38. The highest BCUT2D eigenvalue weighted by molar-refractivity contribution is 5.84. The molecule has 0 radical (unpaired) electrons. The van der Waals surface area contributed by atoms with Crippen LogP contribution in [0.4, 0.5) is 0 Å². The Labute approximate surface area is 116 Å². The molecule has 1 atom stereocenters. The van der Waals surface area contributed by atoms with Gasteiger partial charge in [-0.15, -0.1) is 0 Å². The van der Waals surface area contributed by atoms with Gasteiger partial charge >= 0.3 is 5.97 Å². The van der Waals surface area contributed by atoms with Gasteiger partial charge in [-0.05, 0) is 18.6 Å². The van der Waals surface area contributed by atoms with Gasteiger partial charge in [0.05, 0.1) is 13.2 Å². The van der Waals surface area contributed by atoms with Crippen LogP contribution in [0, 0.1) is 6.92 Å². The number of carbonyl (C=O) groups is 2. The van der Waals surface area contributed by atoms with Crippen LogP contribution in [0.5, 0.6) is 5.75 Å². The van der Waals surface area contributed by atoms with Crippen molar-refractivity contribution in [2.75, 3.05) is 26.4 Å². The summed E-state index contributed by atoms with van der Waals surface area (Å²) in [5.41, 5.74) is 0.928. The number of nitrogens with zero attached hydrogens (tertiary/aromatic N) is 1. The van der Waals surface area contributed by atoms with E-state index in [1.165, 1.54) is 4.90 Å². The van der Waals surface area contributed by atoms with E-state index < -0.39 is 12.0 Å². The highest BCUT2D eigenvalue weighted by Crippen LogP contribution is 2.16. The van der Waals surface area contributed by atoms with Crippen molar-refractivity contribution in [2.45, 2.75) is 13.0 Å². The first-order valence-electron chi connectivity index (χ1n) is 6.38. The second-order valence-corrected chi connectivity index (χ2v) is 4.57. The summed E-state index contributed by atoms with van der Waals surface area (Å²) in [6, 6.07) is 6.43. The fraction of sp³-hybridized carbons (Fsp3) is 0.429. The minimum Gasteiger partial charge on any atom is -0.484 e. The second kappa shape index (κ2) is 6.38. The van der Waals surface area contributed by atoms with Crippen LogP contribution in [0.25, 0.3) is 0 Å². The molecule has 0 saturated carbocycles. The maximum Gasteiger partial charge on any atom is 0.328 e. The van der Waals surface area contributed by atoms with E-state index in [1.807, 2.05) is 25.1 Å². The maximum atomic E-state index is 12.1. The number of carbonyl (C=O) groups excluding carboxylic acids is 1. The van der Waals surface area contributed by atoms with E-state index in [0.29, 0.717) is 12.4 Å². The lowest BCUT2D eigenvalue weighted by atomic mass is 10.2. The topological polar surface area (TPSA) is 76.1 Å². The monoisotopic (exact) mass is 279 g/mol. The number of aryl methyl sites for hydroxylation is 1. The Morgan fingerprint density at radius 3 is 2.90 bits per heavy atom. The van der Waals surface area contributed by atoms with Crippen LogP contribution in [-0.2, 0) is 14.3 Å². The Morgan fingerprint density at radius 2 is 2.20 bits per heavy atom. The number of hydrogen-bond donors (Lipinski definition) is 1. The van der Waals surface area contributed by atoms with Crippen molar-refractivity contribution in [1.82, 2.24) is 4.90 Å². The Kier molecular flexibility index (Phi) is 4.57. The lowest BCUT2D eigenvalue weighted by Gasteiger charge is -2.32. The van der Waals surface area contributed by atoms with Crippen molar-refractivity contribution in [3.8, 4) is 5.75 Å². The molecule has 1 aliphatic heterocycles. The molecule has 0 bridgehead atoms. The van der Waals surface area contributed by atoms with Crippen molar-refractivity contribution in [2.24, 2.45) is 0 Å². The molecule has 1 fully saturated rings. The lowest BCUT2D eigenvalue weighted by molar-refractivity contribution is -0.159. The largest absolute Gasteiger partial charge is 0.484 e. The summed E-state index contributed by atoms with van der Waals surface area (Å²) in [5, 5.41) is 9.07. The number of hydrogen-bond acceptors (Lipinski definition) is 4. The SMILES string of the molecule is Cc1ccccc1OCC(=O)N1CCOC[C@H]1C(=O)O. The van der Waals surface area contributed by atoms with Gasteiger partial charge in [-0.1, -0.05) is 18.2 Å². The average molecular weight is 279 g/mol. The third-order valence-corrected chi connectivity index (χ3v) is 3.18. The smallest absolute Gasteiger partial charge is 0.328 e. The molecule has 1 aromatic carbocycles. The van der Waals surface area contributed by atoms with Crippen LogP contribution < -0.4 is 4.74 Å². The number of carboxylic acid groups (broad SMARTS) is 1. The average Bonchev–Trinajstić information content (AvgIpc) is 2.46. The summed E-state index contributed by atoms with van der Waals surface area (Å²) >= 11 is 0. The Bertz CT molecular complexity index is 502. The molecule has 1 aromatic rings. The van der Waals surface area contributed by atoms with Gasteiger partial charge < -0.3 is 19.5 Å². The molecule has 1 amide bonds. The summed E-state index contributed by atoms with van der Waals surface area (Å²) in [6.45, 7) is 2.35. The Hall–Kier alpha value is -2.08. The fourth-order valence-electron chi connectivity index (χ4n) is 2.05. The van der Waals surface area contributed by atoms with Crippen LogP contribution in [0.1, 0.15) is 5.56 Å². The Balaban J connectivity index is 1.97. The summed E-state index contributed by atoms with van der Waals surface area (Å²) < 4.78 is 10.5. The molecule has 0 spiro atoms. The maximum absolute atomic E-state index is 12.1. The van der Waals surface area contributed by atoms with E-state index in [0.717, 1.165) is 5.56 Å². The Morgan fingerprint density at radius 1 is 1.45 bits per heavy atom. The quantitative estimate of drug-likeness (QED) is 0.877. The molecule has 0 aromatic heterocycles. The summed E-state index contributed by atoms with van der Waals surface area (Å²) in [4.78, 5) is 24.5. The third-order valence-electron chi connectivity index (χ3n) is 3.18. The zero-order valence-electron chi connectivity index (χ0n) is 11.2. The molecule has 6 heteroatoms. The molecule has 0 unspecified atom stereocenters. The van der Waals surface area contributed by atoms with Gasteiger partial charge in [0.15, 0.2) is 12.6 Å². The molecule has 0 aliphatic carbocycles. The van der Waals surface area contributed by atoms with E-state index >= 15 is 0 Å². The highest BCUT2D eigenvalue weighted by atomic mass is 16.5. The number of carboxylic acids is 1. The van der Waals surface area contributed by atoms with Crippen molar-refractivity contribution in [3.63, 3.8) is 0 Å². The van der Waals surface area contributed by atoms with E-state index in [4.69, 9.17) is 14.6 Å². The number of amides is 1. The molecule has 1 saturated heterocycles. The zero-order chi connectivity index (χ0) is 14.5. The summed E-state index contributed by atoms with van der Waals surface area (Å²) in [6.07, 6.45) is 0. The second-order valence-electron chi connectivity index (χ2n) is 4.57. The van der Waals surface area contributed by atoms with Gasteiger partial charge in [-0.25, -0.2) is 4.79 Å². The summed E-state index contributed by atoms with van der Waals surface area (Å²) in [5.74, 6) is -0.779. The minimum absolute atomic E-state index is 0.0193. The van der Waals surface area contributed by atoms with Gasteiger partial charge in [-0.2, -0.15) is 0 Å². The van der Waals surface area contributed by atoms with Gasteiger partial charge in [0.2, 0.25) is 0 Å².